The fraction of sp³-hybridized carbons (Fsp3) is 0.692. The molecule has 0 aliphatic heterocycles. The molecule has 0 aliphatic carbocycles. The van der Waals surface area contributed by atoms with E-state index in [0.29, 0.717) is 41.6 Å². The molecule has 0 heterocycles. The van der Waals surface area contributed by atoms with Gasteiger partial charge in [-0.1, -0.05) is 65.5 Å². The fourth-order valence-corrected chi connectivity index (χ4v) is 3.92. The van der Waals surface area contributed by atoms with Crippen LogP contribution in [0.2, 0.25) is 0 Å². The molecule has 0 aliphatic rings. The smallest absolute Gasteiger partial charge is 0.311 e. The number of carboxylic acids is 2. The summed E-state index contributed by atoms with van der Waals surface area (Å²) in [5.74, 6) is -1.92. The van der Waals surface area contributed by atoms with Gasteiger partial charge in [0.05, 0.1) is 11.8 Å². The van der Waals surface area contributed by atoms with E-state index in [1.165, 1.54) is 0 Å². The van der Waals surface area contributed by atoms with Crippen LogP contribution in [0.4, 0.5) is 0 Å². The molecule has 5 nitrogen and oxygen atoms in total. The summed E-state index contributed by atoms with van der Waals surface area (Å²) in [6, 6.07) is 5.33. The molecule has 0 radical (unpaired) electrons. The van der Waals surface area contributed by atoms with E-state index in [2.05, 4.69) is 27.7 Å². The second kappa shape index (κ2) is 12.1. The topological polar surface area (TPSA) is 83.8 Å². The molecular weight excluding hydrogens is 392 g/mol. The highest BCUT2D eigenvalue weighted by Crippen LogP contribution is 2.40. The Morgan fingerprint density at radius 1 is 0.839 bits per heavy atom. The lowest BCUT2D eigenvalue weighted by Crippen LogP contribution is -2.26. The molecule has 0 saturated carbocycles. The summed E-state index contributed by atoms with van der Waals surface area (Å²) in [6.45, 7) is 14.2. The number of benzene rings is 1. The normalized spacial score (nSPS) is 14.0. The third-order valence-electron chi connectivity index (χ3n) is 5.38. The Labute approximate surface area is 188 Å². The van der Waals surface area contributed by atoms with E-state index in [9.17, 15) is 19.8 Å². The van der Waals surface area contributed by atoms with Gasteiger partial charge >= 0.3 is 11.9 Å². The van der Waals surface area contributed by atoms with Crippen molar-refractivity contribution in [2.24, 2.45) is 11.8 Å². The average Bonchev–Trinajstić information content (AvgIpc) is 2.60. The second-order valence-electron chi connectivity index (χ2n) is 10.4. The molecule has 1 aromatic rings. The number of carboxylic acid groups (broad SMARTS) is 2. The van der Waals surface area contributed by atoms with Crippen LogP contribution in [-0.2, 0) is 9.59 Å². The van der Waals surface area contributed by atoms with Crippen molar-refractivity contribution >= 4 is 11.9 Å². The highest BCUT2D eigenvalue weighted by Gasteiger charge is 2.32. The van der Waals surface area contributed by atoms with E-state index in [0.717, 1.165) is 25.7 Å². The van der Waals surface area contributed by atoms with Gasteiger partial charge in [0, 0.05) is 5.56 Å². The molecule has 31 heavy (non-hydrogen) atoms. The molecule has 0 spiro atoms. The van der Waals surface area contributed by atoms with Crippen LogP contribution in [0.5, 0.6) is 5.75 Å². The zero-order valence-corrected chi connectivity index (χ0v) is 20.4. The van der Waals surface area contributed by atoms with Gasteiger partial charge in [-0.25, -0.2) is 0 Å². The molecule has 1 rings (SSSR count). The van der Waals surface area contributed by atoms with Gasteiger partial charge in [-0.05, 0) is 57.1 Å². The molecule has 0 saturated heterocycles. The van der Waals surface area contributed by atoms with Crippen LogP contribution in [0.15, 0.2) is 18.2 Å². The highest BCUT2D eigenvalue weighted by molar-refractivity contribution is 5.82. The molecule has 0 aromatic heterocycles. The van der Waals surface area contributed by atoms with Gasteiger partial charge in [0.25, 0.3) is 0 Å². The number of carbonyl (C=O) groups is 2. The Hall–Kier alpha value is -2.04. The standard InChI is InChI=1S/C26H42O5/c1-17(2)11-8-14-20(24(27)28)19-13-10-16-22(31-26(5,6)7)23(19)21(25(29)30)15-9-12-18(3)4/h10,13,16-18,20-21H,8-9,11-12,14-15H2,1-7H3,(H,27,28)(H,29,30). The van der Waals surface area contributed by atoms with Crippen molar-refractivity contribution in [1.29, 1.82) is 0 Å². The van der Waals surface area contributed by atoms with Crippen LogP contribution in [0, 0.1) is 11.8 Å². The van der Waals surface area contributed by atoms with Crippen LogP contribution >= 0.6 is 0 Å². The molecule has 1 aromatic carbocycles. The molecular formula is C26H42O5. The van der Waals surface area contributed by atoms with Gasteiger partial charge in [-0.2, -0.15) is 0 Å². The lowest BCUT2D eigenvalue weighted by molar-refractivity contribution is -0.140. The summed E-state index contributed by atoms with van der Waals surface area (Å²) >= 11 is 0. The van der Waals surface area contributed by atoms with Crippen LogP contribution < -0.4 is 4.74 Å². The Morgan fingerprint density at radius 3 is 1.74 bits per heavy atom. The number of aliphatic carboxylic acids is 2. The van der Waals surface area contributed by atoms with Gasteiger partial charge < -0.3 is 14.9 Å². The van der Waals surface area contributed by atoms with Gasteiger partial charge in [-0.3, -0.25) is 9.59 Å². The predicted molar refractivity (Wildman–Crippen MR) is 125 cm³/mol. The Bertz CT molecular complexity index is 715. The first kappa shape index (κ1) is 27.0. The number of hydrogen-bond donors (Lipinski definition) is 2. The van der Waals surface area contributed by atoms with Crippen molar-refractivity contribution in [2.75, 3.05) is 0 Å². The van der Waals surface area contributed by atoms with Crippen molar-refractivity contribution in [2.45, 2.75) is 104 Å². The minimum atomic E-state index is -0.929. The Balaban J connectivity index is 3.48. The molecule has 0 amide bonds. The van der Waals surface area contributed by atoms with Crippen LogP contribution in [-0.4, -0.2) is 27.8 Å². The van der Waals surface area contributed by atoms with E-state index < -0.39 is 29.4 Å². The fourth-order valence-electron chi connectivity index (χ4n) is 3.92. The average molecular weight is 435 g/mol. The van der Waals surface area contributed by atoms with Crippen LogP contribution in [0.25, 0.3) is 0 Å². The van der Waals surface area contributed by atoms with Gasteiger partial charge in [0.15, 0.2) is 0 Å². The zero-order valence-electron chi connectivity index (χ0n) is 20.4. The minimum absolute atomic E-state index is 0.462. The maximum absolute atomic E-state index is 12.3. The number of ether oxygens (including phenoxy) is 1. The summed E-state index contributed by atoms with van der Waals surface area (Å²) in [5, 5.41) is 20.1. The lowest BCUT2D eigenvalue weighted by Gasteiger charge is -2.28. The molecule has 176 valence electrons. The maximum Gasteiger partial charge on any atom is 0.311 e. The predicted octanol–water partition coefficient (Wildman–Crippen LogP) is 6.85. The molecule has 0 bridgehead atoms. The summed E-state index contributed by atoms with van der Waals surface area (Å²) in [5.41, 5.74) is 0.589. The van der Waals surface area contributed by atoms with Crippen molar-refractivity contribution < 1.29 is 24.5 Å². The molecule has 2 unspecified atom stereocenters. The van der Waals surface area contributed by atoms with Crippen molar-refractivity contribution in [3.63, 3.8) is 0 Å². The van der Waals surface area contributed by atoms with Gasteiger partial charge in [0.1, 0.15) is 11.4 Å². The zero-order chi connectivity index (χ0) is 23.8. The monoisotopic (exact) mass is 434 g/mol. The van der Waals surface area contributed by atoms with E-state index in [1.807, 2.05) is 20.8 Å². The quantitative estimate of drug-likeness (QED) is 0.354. The minimum Gasteiger partial charge on any atom is -0.488 e. The molecule has 0 fully saturated rings. The summed E-state index contributed by atoms with van der Waals surface area (Å²) in [6.07, 6.45) is 4.36. The first-order valence-corrected chi connectivity index (χ1v) is 11.6. The SMILES string of the molecule is CC(C)CCCC(C(=O)O)c1cccc(OC(C)(C)C)c1C(CCCC(C)C)C(=O)O. The third-order valence-corrected chi connectivity index (χ3v) is 5.38. The van der Waals surface area contributed by atoms with E-state index in [1.54, 1.807) is 18.2 Å². The highest BCUT2D eigenvalue weighted by atomic mass is 16.5. The largest absolute Gasteiger partial charge is 0.488 e. The lowest BCUT2D eigenvalue weighted by atomic mass is 9.81. The summed E-state index contributed by atoms with van der Waals surface area (Å²) in [7, 11) is 0. The summed E-state index contributed by atoms with van der Waals surface area (Å²) in [4.78, 5) is 24.6. The maximum atomic E-state index is 12.3. The van der Waals surface area contributed by atoms with Gasteiger partial charge in [-0.15, -0.1) is 0 Å². The third kappa shape index (κ3) is 9.32. The van der Waals surface area contributed by atoms with Crippen molar-refractivity contribution in [3.8, 4) is 5.75 Å². The first-order chi connectivity index (χ1) is 14.3. The first-order valence-electron chi connectivity index (χ1n) is 11.6. The van der Waals surface area contributed by atoms with E-state index in [-0.39, 0.29) is 0 Å². The van der Waals surface area contributed by atoms with E-state index in [4.69, 9.17) is 4.74 Å². The second-order valence-corrected chi connectivity index (χ2v) is 10.4. The van der Waals surface area contributed by atoms with Gasteiger partial charge in [0.2, 0.25) is 0 Å². The molecule has 2 N–H and O–H groups in total. The van der Waals surface area contributed by atoms with E-state index >= 15 is 0 Å². The van der Waals surface area contributed by atoms with Crippen molar-refractivity contribution in [1.82, 2.24) is 0 Å². The van der Waals surface area contributed by atoms with Crippen LogP contribution in [0.1, 0.15) is 110 Å². The molecule has 2 atom stereocenters. The van der Waals surface area contributed by atoms with Crippen LogP contribution in [0.3, 0.4) is 0 Å². The van der Waals surface area contributed by atoms with Crippen molar-refractivity contribution in [3.05, 3.63) is 29.3 Å². The number of hydrogen-bond acceptors (Lipinski definition) is 3. The Morgan fingerprint density at radius 2 is 1.32 bits per heavy atom. The number of rotatable bonds is 13. The Kier molecular flexibility index (Phi) is 10.5. The molecule has 5 heteroatoms. The summed E-state index contributed by atoms with van der Waals surface area (Å²) < 4.78 is 6.15.